The van der Waals surface area contributed by atoms with Crippen LogP contribution in [0.5, 0.6) is 0 Å². The molecule has 0 amide bonds. The Labute approximate surface area is 114 Å². The van der Waals surface area contributed by atoms with Crippen molar-refractivity contribution in [3.8, 4) is 6.07 Å². The summed E-state index contributed by atoms with van der Waals surface area (Å²) in [6, 6.07) is 7.48. The van der Waals surface area contributed by atoms with Gasteiger partial charge in [-0.3, -0.25) is 0 Å². The molecule has 0 saturated heterocycles. The first-order valence-corrected chi connectivity index (χ1v) is 6.39. The lowest BCUT2D eigenvalue weighted by Gasteiger charge is -2.06. The van der Waals surface area contributed by atoms with Gasteiger partial charge in [0.2, 0.25) is 5.89 Å². The van der Waals surface area contributed by atoms with Gasteiger partial charge in [0.1, 0.15) is 5.76 Å². The highest BCUT2D eigenvalue weighted by Gasteiger charge is 2.04. The maximum absolute atomic E-state index is 8.77. The summed E-state index contributed by atoms with van der Waals surface area (Å²) >= 11 is 3.42. The van der Waals surface area contributed by atoms with Crippen LogP contribution in [0.3, 0.4) is 0 Å². The molecule has 0 aliphatic heterocycles. The molecule has 0 atom stereocenters. The van der Waals surface area contributed by atoms with Crippen molar-refractivity contribution < 1.29 is 4.42 Å². The van der Waals surface area contributed by atoms with Crippen molar-refractivity contribution in [2.24, 2.45) is 0 Å². The van der Waals surface area contributed by atoms with E-state index < -0.39 is 0 Å². The summed E-state index contributed by atoms with van der Waals surface area (Å²) in [6.07, 6.45) is 2.58. The fraction of sp³-hybridized carbons (Fsp3) is 0.231. The molecule has 0 aliphatic carbocycles. The average Bonchev–Trinajstić information content (AvgIpc) is 2.85. The van der Waals surface area contributed by atoms with Crippen LogP contribution in [-0.4, -0.2) is 4.98 Å². The lowest BCUT2D eigenvalue weighted by atomic mass is 10.2. The van der Waals surface area contributed by atoms with Crippen LogP contribution in [0, 0.1) is 11.3 Å². The Bertz CT molecular complexity index is 586. The Morgan fingerprint density at radius 1 is 1.50 bits per heavy atom. The Morgan fingerprint density at radius 2 is 2.33 bits per heavy atom. The summed E-state index contributed by atoms with van der Waals surface area (Å²) in [5, 5.41) is 12.0. The van der Waals surface area contributed by atoms with Crippen LogP contribution >= 0.6 is 15.9 Å². The van der Waals surface area contributed by atoms with E-state index in [1.54, 1.807) is 18.3 Å². The number of anilines is 1. The molecule has 2 rings (SSSR count). The number of nitriles is 1. The zero-order valence-electron chi connectivity index (χ0n) is 9.90. The predicted molar refractivity (Wildman–Crippen MR) is 72.1 cm³/mol. The van der Waals surface area contributed by atoms with E-state index in [0.717, 1.165) is 22.3 Å². The van der Waals surface area contributed by atoms with Crippen molar-refractivity contribution in [1.29, 1.82) is 5.26 Å². The van der Waals surface area contributed by atoms with Crippen molar-refractivity contribution in [1.82, 2.24) is 4.98 Å². The number of halogens is 1. The predicted octanol–water partition coefficient (Wildman–Crippen LogP) is 3.48. The molecule has 0 spiro atoms. The molecule has 0 saturated carbocycles. The molecule has 4 nitrogen and oxygen atoms in total. The van der Waals surface area contributed by atoms with Gasteiger partial charge in [-0.1, -0.05) is 6.92 Å². The molecule has 0 fully saturated rings. The van der Waals surface area contributed by atoms with Gasteiger partial charge in [-0.05, 0) is 34.1 Å². The van der Waals surface area contributed by atoms with E-state index >= 15 is 0 Å². The number of aryl methyl sites for hydroxylation is 1. The third-order valence-electron chi connectivity index (χ3n) is 2.48. The number of hydrogen-bond donors (Lipinski definition) is 1. The number of oxazole rings is 1. The molecular formula is C13H12BrN3O. The molecule has 0 aliphatic rings. The number of hydrogen-bond acceptors (Lipinski definition) is 4. The second-order valence-electron chi connectivity index (χ2n) is 3.73. The van der Waals surface area contributed by atoms with Crippen LogP contribution in [0.1, 0.15) is 24.1 Å². The minimum atomic E-state index is 0.518. The summed E-state index contributed by atoms with van der Waals surface area (Å²) < 4.78 is 6.35. The molecule has 1 aromatic carbocycles. The molecular weight excluding hydrogens is 294 g/mol. The smallest absolute Gasteiger partial charge is 0.213 e. The first-order valence-electron chi connectivity index (χ1n) is 5.60. The van der Waals surface area contributed by atoms with Crippen LogP contribution < -0.4 is 5.32 Å². The second kappa shape index (κ2) is 5.69. The molecule has 18 heavy (non-hydrogen) atoms. The summed E-state index contributed by atoms with van der Waals surface area (Å²) in [4.78, 5) is 4.17. The van der Waals surface area contributed by atoms with Gasteiger partial charge in [0.15, 0.2) is 0 Å². The van der Waals surface area contributed by atoms with Crippen LogP contribution in [-0.2, 0) is 13.0 Å². The summed E-state index contributed by atoms with van der Waals surface area (Å²) in [5.41, 5.74) is 1.53. The first-order chi connectivity index (χ1) is 8.72. The third kappa shape index (κ3) is 2.90. The van der Waals surface area contributed by atoms with Crippen molar-refractivity contribution in [3.05, 3.63) is 46.1 Å². The van der Waals surface area contributed by atoms with Gasteiger partial charge >= 0.3 is 0 Å². The van der Waals surface area contributed by atoms with E-state index in [0.29, 0.717) is 18.0 Å². The van der Waals surface area contributed by atoms with Gasteiger partial charge in [-0.2, -0.15) is 5.26 Å². The summed E-state index contributed by atoms with van der Waals surface area (Å²) in [7, 11) is 0. The van der Waals surface area contributed by atoms with Crippen LogP contribution in [0.2, 0.25) is 0 Å². The molecule has 1 N–H and O–H groups in total. The number of aromatic nitrogens is 1. The van der Waals surface area contributed by atoms with Gasteiger partial charge in [0.05, 0.1) is 24.4 Å². The zero-order chi connectivity index (χ0) is 13.0. The lowest BCUT2D eigenvalue weighted by Crippen LogP contribution is -2.00. The van der Waals surface area contributed by atoms with Gasteiger partial charge < -0.3 is 9.73 Å². The van der Waals surface area contributed by atoms with E-state index in [2.05, 4.69) is 32.3 Å². The number of rotatable bonds is 4. The topological polar surface area (TPSA) is 61.9 Å². The van der Waals surface area contributed by atoms with Crippen LogP contribution in [0.25, 0.3) is 0 Å². The molecule has 0 bridgehead atoms. The maximum Gasteiger partial charge on any atom is 0.213 e. The number of benzene rings is 1. The molecule has 0 radical (unpaired) electrons. The van der Waals surface area contributed by atoms with Gasteiger partial charge in [-0.15, -0.1) is 0 Å². The Kier molecular flexibility index (Phi) is 4.00. The fourth-order valence-electron chi connectivity index (χ4n) is 1.49. The standard InChI is InChI=1S/C13H12BrN3O/c1-2-10-7-17-13(18-10)8-16-12-4-3-9(6-15)5-11(12)14/h3-5,7,16H,2,8H2,1H3. The van der Waals surface area contributed by atoms with Crippen molar-refractivity contribution in [2.45, 2.75) is 19.9 Å². The first kappa shape index (κ1) is 12.7. The van der Waals surface area contributed by atoms with E-state index in [1.807, 2.05) is 13.0 Å². The van der Waals surface area contributed by atoms with E-state index in [-0.39, 0.29) is 0 Å². The zero-order valence-corrected chi connectivity index (χ0v) is 11.5. The van der Waals surface area contributed by atoms with Gasteiger partial charge in [0, 0.05) is 16.6 Å². The van der Waals surface area contributed by atoms with Crippen molar-refractivity contribution in [2.75, 3.05) is 5.32 Å². The normalized spacial score (nSPS) is 10.1. The Morgan fingerprint density at radius 3 is 2.94 bits per heavy atom. The summed E-state index contributed by atoms with van der Waals surface area (Å²) in [5.74, 6) is 1.54. The number of nitrogens with one attached hydrogen (secondary N) is 1. The number of nitrogens with zero attached hydrogens (tertiary/aromatic N) is 2. The van der Waals surface area contributed by atoms with E-state index in [9.17, 15) is 0 Å². The maximum atomic E-state index is 8.77. The summed E-state index contributed by atoms with van der Waals surface area (Å²) in [6.45, 7) is 2.54. The fourth-order valence-corrected chi connectivity index (χ4v) is 2.01. The molecule has 2 aromatic rings. The average molecular weight is 306 g/mol. The molecule has 5 heteroatoms. The largest absolute Gasteiger partial charge is 0.444 e. The Balaban J connectivity index is 2.04. The van der Waals surface area contributed by atoms with Gasteiger partial charge in [-0.25, -0.2) is 4.98 Å². The SMILES string of the molecule is CCc1cnc(CNc2ccc(C#N)cc2Br)o1. The third-order valence-corrected chi connectivity index (χ3v) is 3.13. The van der Waals surface area contributed by atoms with Crippen LogP contribution in [0.4, 0.5) is 5.69 Å². The molecule has 92 valence electrons. The molecule has 1 aromatic heterocycles. The highest BCUT2D eigenvalue weighted by molar-refractivity contribution is 9.10. The van der Waals surface area contributed by atoms with E-state index in [1.165, 1.54) is 0 Å². The van der Waals surface area contributed by atoms with Crippen molar-refractivity contribution >= 4 is 21.6 Å². The molecule has 0 unspecified atom stereocenters. The monoisotopic (exact) mass is 305 g/mol. The van der Waals surface area contributed by atoms with Crippen molar-refractivity contribution in [3.63, 3.8) is 0 Å². The van der Waals surface area contributed by atoms with Crippen LogP contribution in [0.15, 0.2) is 33.3 Å². The highest BCUT2D eigenvalue weighted by Crippen LogP contribution is 2.23. The minimum absolute atomic E-state index is 0.518. The molecule has 1 heterocycles. The second-order valence-corrected chi connectivity index (χ2v) is 4.59. The van der Waals surface area contributed by atoms with E-state index in [4.69, 9.17) is 9.68 Å². The highest BCUT2D eigenvalue weighted by atomic mass is 79.9. The lowest BCUT2D eigenvalue weighted by molar-refractivity contribution is 0.466. The van der Waals surface area contributed by atoms with Gasteiger partial charge in [0.25, 0.3) is 0 Å². The minimum Gasteiger partial charge on any atom is -0.444 e. The Hall–Kier alpha value is -1.80. The quantitative estimate of drug-likeness (QED) is 0.939.